The Balaban J connectivity index is 1.66. The summed E-state index contributed by atoms with van der Waals surface area (Å²) in [6.07, 6.45) is 2.69. The number of nitrogens with one attached hydrogen (secondary N) is 1. The summed E-state index contributed by atoms with van der Waals surface area (Å²) in [6.45, 7) is 3.17. The van der Waals surface area contributed by atoms with Gasteiger partial charge in [0, 0.05) is 29.7 Å². The molecular formula is C16H22N4. The summed E-state index contributed by atoms with van der Waals surface area (Å²) < 4.78 is 0. The molecule has 1 saturated carbocycles. The zero-order chi connectivity index (χ0) is 14.1. The van der Waals surface area contributed by atoms with Gasteiger partial charge in [0.15, 0.2) is 0 Å². The van der Waals surface area contributed by atoms with Crippen LogP contribution in [0.3, 0.4) is 0 Å². The van der Waals surface area contributed by atoms with Gasteiger partial charge in [-0.2, -0.15) is 0 Å². The molecule has 1 aliphatic rings. The van der Waals surface area contributed by atoms with Crippen LogP contribution in [0.25, 0.3) is 10.9 Å². The number of hydrogen-bond donors (Lipinski definition) is 2. The van der Waals surface area contributed by atoms with Gasteiger partial charge in [0.1, 0.15) is 5.82 Å². The van der Waals surface area contributed by atoms with Crippen LogP contribution in [0.1, 0.15) is 19.8 Å². The summed E-state index contributed by atoms with van der Waals surface area (Å²) in [5.41, 5.74) is 7.54. The van der Waals surface area contributed by atoms with Crippen LogP contribution in [0.15, 0.2) is 30.3 Å². The van der Waals surface area contributed by atoms with E-state index in [1.165, 1.54) is 12.8 Å². The number of fused-ring (bicyclic) bond motifs is 1. The van der Waals surface area contributed by atoms with Crippen LogP contribution in [0.5, 0.6) is 0 Å². The zero-order valence-electron chi connectivity index (χ0n) is 12.1. The van der Waals surface area contributed by atoms with E-state index in [1.54, 1.807) is 0 Å². The smallest absolute Gasteiger partial charge is 0.126 e. The SMILES string of the molecule is CC(CNc1ccc2cc(N)ccc2n1)N(C)C1CC1. The molecule has 3 rings (SSSR count). The maximum atomic E-state index is 5.78. The second-order valence-electron chi connectivity index (χ2n) is 5.78. The molecule has 4 nitrogen and oxygen atoms in total. The zero-order valence-corrected chi connectivity index (χ0v) is 12.1. The highest BCUT2D eigenvalue weighted by Gasteiger charge is 2.28. The lowest BCUT2D eigenvalue weighted by Crippen LogP contribution is -2.36. The Kier molecular flexibility index (Phi) is 3.49. The summed E-state index contributed by atoms with van der Waals surface area (Å²) in [7, 11) is 2.21. The van der Waals surface area contributed by atoms with Crippen LogP contribution in [-0.2, 0) is 0 Å². The quantitative estimate of drug-likeness (QED) is 0.820. The molecule has 1 atom stereocenters. The molecule has 4 heteroatoms. The molecule has 106 valence electrons. The highest BCUT2D eigenvalue weighted by Crippen LogP contribution is 2.27. The van der Waals surface area contributed by atoms with Crippen molar-refractivity contribution in [2.45, 2.75) is 31.8 Å². The minimum atomic E-state index is 0.520. The molecule has 0 aliphatic heterocycles. The lowest BCUT2D eigenvalue weighted by atomic mass is 10.2. The van der Waals surface area contributed by atoms with E-state index in [2.05, 4.69) is 35.2 Å². The summed E-state index contributed by atoms with van der Waals surface area (Å²) in [5, 5.41) is 4.51. The van der Waals surface area contributed by atoms with Gasteiger partial charge in [0.25, 0.3) is 0 Å². The summed E-state index contributed by atoms with van der Waals surface area (Å²) in [5.74, 6) is 0.929. The molecule has 1 fully saturated rings. The lowest BCUT2D eigenvalue weighted by molar-refractivity contribution is 0.257. The Hall–Kier alpha value is -1.81. The fourth-order valence-corrected chi connectivity index (χ4v) is 2.48. The van der Waals surface area contributed by atoms with Crippen molar-refractivity contribution >= 4 is 22.4 Å². The third-order valence-corrected chi connectivity index (χ3v) is 4.11. The van der Waals surface area contributed by atoms with E-state index in [0.717, 1.165) is 35.0 Å². The third kappa shape index (κ3) is 2.85. The van der Waals surface area contributed by atoms with Crippen LogP contribution in [-0.4, -0.2) is 35.6 Å². The molecule has 1 aliphatic carbocycles. The van der Waals surface area contributed by atoms with E-state index in [9.17, 15) is 0 Å². The van der Waals surface area contributed by atoms with Crippen molar-refractivity contribution in [1.82, 2.24) is 9.88 Å². The van der Waals surface area contributed by atoms with Crippen LogP contribution in [0, 0.1) is 0 Å². The second-order valence-corrected chi connectivity index (χ2v) is 5.78. The first-order chi connectivity index (χ1) is 9.63. The molecule has 1 unspecified atom stereocenters. The number of nitrogens with zero attached hydrogens (tertiary/aromatic N) is 2. The van der Waals surface area contributed by atoms with Gasteiger partial charge in [-0.15, -0.1) is 0 Å². The van der Waals surface area contributed by atoms with Crippen molar-refractivity contribution in [1.29, 1.82) is 0 Å². The summed E-state index contributed by atoms with van der Waals surface area (Å²) in [4.78, 5) is 7.08. The maximum absolute atomic E-state index is 5.78. The van der Waals surface area contributed by atoms with Gasteiger partial charge in [-0.1, -0.05) is 0 Å². The van der Waals surface area contributed by atoms with E-state index in [4.69, 9.17) is 5.73 Å². The molecule has 20 heavy (non-hydrogen) atoms. The average Bonchev–Trinajstić information content (AvgIpc) is 3.28. The topological polar surface area (TPSA) is 54.2 Å². The van der Waals surface area contributed by atoms with E-state index in [0.29, 0.717) is 6.04 Å². The Morgan fingerprint density at radius 1 is 1.35 bits per heavy atom. The number of anilines is 2. The van der Waals surface area contributed by atoms with Crippen LogP contribution in [0.4, 0.5) is 11.5 Å². The first-order valence-corrected chi connectivity index (χ1v) is 7.25. The van der Waals surface area contributed by atoms with Gasteiger partial charge in [-0.25, -0.2) is 4.98 Å². The number of benzene rings is 1. The number of aromatic nitrogens is 1. The molecule has 0 bridgehead atoms. The standard InChI is InChI=1S/C16H22N4/c1-11(20(2)14-5-6-14)10-18-16-8-3-12-9-13(17)4-7-15(12)19-16/h3-4,7-9,11,14H,5-6,10,17H2,1-2H3,(H,18,19). The minimum absolute atomic E-state index is 0.520. The van der Waals surface area contributed by atoms with E-state index >= 15 is 0 Å². The highest BCUT2D eigenvalue weighted by molar-refractivity contribution is 5.83. The molecule has 1 aromatic carbocycles. The van der Waals surface area contributed by atoms with E-state index < -0.39 is 0 Å². The van der Waals surface area contributed by atoms with Crippen molar-refractivity contribution in [2.24, 2.45) is 0 Å². The molecule has 0 saturated heterocycles. The Labute approximate surface area is 120 Å². The van der Waals surface area contributed by atoms with Crippen molar-refractivity contribution < 1.29 is 0 Å². The molecular weight excluding hydrogens is 248 g/mol. The predicted molar refractivity (Wildman–Crippen MR) is 84.9 cm³/mol. The number of rotatable bonds is 5. The third-order valence-electron chi connectivity index (χ3n) is 4.11. The van der Waals surface area contributed by atoms with Crippen molar-refractivity contribution in [3.63, 3.8) is 0 Å². The Bertz CT molecular complexity index is 606. The van der Waals surface area contributed by atoms with Crippen molar-refractivity contribution in [2.75, 3.05) is 24.6 Å². The maximum Gasteiger partial charge on any atom is 0.126 e. The highest BCUT2D eigenvalue weighted by atomic mass is 15.2. The second kappa shape index (κ2) is 5.29. The van der Waals surface area contributed by atoms with Gasteiger partial charge >= 0.3 is 0 Å². The molecule has 0 radical (unpaired) electrons. The van der Waals surface area contributed by atoms with Gasteiger partial charge in [0.05, 0.1) is 5.52 Å². The molecule has 0 amide bonds. The molecule has 1 heterocycles. The van der Waals surface area contributed by atoms with E-state index in [-0.39, 0.29) is 0 Å². The van der Waals surface area contributed by atoms with Crippen LogP contribution in [0.2, 0.25) is 0 Å². The number of nitrogen functional groups attached to an aromatic ring is 1. The van der Waals surface area contributed by atoms with Gasteiger partial charge in [-0.3, -0.25) is 4.90 Å². The molecule has 3 N–H and O–H groups in total. The Morgan fingerprint density at radius 3 is 2.90 bits per heavy atom. The van der Waals surface area contributed by atoms with Gasteiger partial charge in [0.2, 0.25) is 0 Å². The van der Waals surface area contributed by atoms with Crippen molar-refractivity contribution in [3.8, 4) is 0 Å². The monoisotopic (exact) mass is 270 g/mol. The number of nitrogens with two attached hydrogens (primary N) is 1. The largest absolute Gasteiger partial charge is 0.399 e. The number of likely N-dealkylation sites (N-methyl/N-ethyl adjacent to an activating group) is 1. The fourth-order valence-electron chi connectivity index (χ4n) is 2.48. The van der Waals surface area contributed by atoms with Crippen LogP contribution >= 0.6 is 0 Å². The lowest BCUT2D eigenvalue weighted by Gasteiger charge is -2.24. The first kappa shape index (κ1) is 13.2. The van der Waals surface area contributed by atoms with Crippen molar-refractivity contribution in [3.05, 3.63) is 30.3 Å². The normalized spacial score (nSPS) is 16.6. The van der Waals surface area contributed by atoms with Gasteiger partial charge in [-0.05, 0) is 57.1 Å². The number of hydrogen-bond acceptors (Lipinski definition) is 4. The molecule has 1 aromatic heterocycles. The summed E-state index contributed by atoms with van der Waals surface area (Å²) >= 11 is 0. The molecule has 0 spiro atoms. The number of pyridine rings is 1. The van der Waals surface area contributed by atoms with E-state index in [1.807, 2.05) is 24.3 Å². The average molecular weight is 270 g/mol. The fraction of sp³-hybridized carbons (Fsp3) is 0.438. The van der Waals surface area contributed by atoms with Crippen LogP contribution < -0.4 is 11.1 Å². The predicted octanol–water partition coefficient (Wildman–Crippen LogP) is 2.71. The summed E-state index contributed by atoms with van der Waals surface area (Å²) in [6, 6.07) is 11.2. The molecule has 2 aromatic rings. The first-order valence-electron chi connectivity index (χ1n) is 7.25. The Morgan fingerprint density at radius 2 is 2.15 bits per heavy atom. The van der Waals surface area contributed by atoms with Gasteiger partial charge < -0.3 is 11.1 Å². The minimum Gasteiger partial charge on any atom is -0.399 e.